The Morgan fingerprint density at radius 1 is 1.56 bits per heavy atom. The number of carbonyl (C=O) groups is 1. The molecule has 1 atom stereocenters. The first-order valence-electron chi connectivity index (χ1n) is 6.08. The number of thioether (sulfide) groups is 2. The highest BCUT2D eigenvalue weighted by atomic mass is 32.2. The summed E-state index contributed by atoms with van der Waals surface area (Å²) in [5.74, 6) is 1.38. The van der Waals surface area contributed by atoms with Crippen LogP contribution in [0.4, 0.5) is 0 Å². The first kappa shape index (κ1) is 15.4. The monoisotopic (exact) mass is 288 g/mol. The van der Waals surface area contributed by atoms with E-state index < -0.39 is 5.97 Å². The molecule has 1 heterocycles. The summed E-state index contributed by atoms with van der Waals surface area (Å²) >= 11 is 3.19. The summed E-state index contributed by atoms with van der Waals surface area (Å²) in [7, 11) is 0. The number of hydrogen-bond acceptors (Lipinski definition) is 4. The van der Waals surface area contributed by atoms with Crippen molar-refractivity contribution in [3.05, 3.63) is 11.9 Å². The minimum absolute atomic E-state index is 0.0633. The van der Waals surface area contributed by atoms with Crippen molar-refractivity contribution in [1.29, 1.82) is 0 Å². The Balaban J connectivity index is 2.83. The average molecular weight is 288 g/mol. The molecule has 0 aliphatic carbocycles. The molecule has 0 saturated carbocycles. The highest BCUT2D eigenvalue weighted by Crippen LogP contribution is 2.25. The molecule has 102 valence electrons. The van der Waals surface area contributed by atoms with Crippen LogP contribution in [0.15, 0.2) is 11.4 Å². The quantitative estimate of drug-likeness (QED) is 0.745. The fraction of sp³-hybridized carbons (Fsp3) is 0.667. The molecule has 0 aliphatic rings. The molecule has 0 aliphatic heterocycles. The Morgan fingerprint density at radius 2 is 2.28 bits per heavy atom. The van der Waals surface area contributed by atoms with Crippen LogP contribution in [0.1, 0.15) is 32.5 Å². The largest absolute Gasteiger partial charge is 0.481 e. The summed E-state index contributed by atoms with van der Waals surface area (Å²) in [5.41, 5.74) is 1.17. The smallest absolute Gasteiger partial charge is 0.313 e. The molecule has 6 heteroatoms. The molecule has 0 bridgehead atoms. The molecule has 0 radical (unpaired) electrons. The molecule has 1 unspecified atom stereocenters. The van der Waals surface area contributed by atoms with Crippen molar-refractivity contribution in [2.45, 2.75) is 38.4 Å². The summed E-state index contributed by atoms with van der Waals surface area (Å²) in [5, 5.41) is 9.57. The Bertz CT molecular complexity index is 393. The maximum absolute atomic E-state index is 10.6. The zero-order valence-electron chi connectivity index (χ0n) is 11.0. The van der Waals surface area contributed by atoms with Crippen LogP contribution < -0.4 is 0 Å². The number of carboxylic acids is 1. The lowest BCUT2D eigenvalue weighted by atomic mass is 10.3. The van der Waals surface area contributed by atoms with E-state index in [9.17, 15) is 4.79 Å². The Morgan fingerprint density at radius 3 is 2.83 bits per heavy atom. The first-order chi connectivity index (χ1) is 8.60. The van der Waals surface area contributed by atoms with Gasteiger partial charge in [0.2, 0.25) is 0 Å². The van der Waals surface area contributed by atoms with Crippen molar-refractivity contribution in [3.8, 4) is 0 Å². The maximum Gasteiger partial charge on any atom is 0.313 e. The van der Waals surface area contributed by atoms with Gasteiger partial charge in [-0.05, 0) is 19.1 Å². The van der Waals surface area contributed by atoms with E-state index in [4.69, 9.17) is 5.11 Å². The van der Waals surface area contributed by atoms with Gasteiger partial charge in [0.25, 0.3) is 0 Å². The number of aryl methyl sites for hydroxylation is 1. The lowest BCUT2D eigenvalue weighted by Crippen LogP contribution is -2.13. The molecule has 0 spiro atoms. The van der Waals surface area contributed by atoms with E-state index in [1.54, 1.807) is 0 Å². The third-order valence-corrected chi connectivity index (χ3v) is 4.61. The second-order valence-electron chi connectivity index (χ2n) is 3.95. The number of rotatable bonds is 8. The van der Waals surface area contributed by atoms with E-state index in [2.05, 4.69) is 30.3 Å². The molecule has 0 aromatic carbocycles. The topological polar surface area (TPSA) is 55.1 Å². The van der Waals surface area contributed by atoms with Gasteiger partial charge in [0, 0.05) is 23.7 Å². The van der Waals surface area contributed by atoms with Gasteiger partial charge in [-0.25, -0.2) is 4.98 Å². The second kappa shape index (κ2) is 7.74. The number of aromatic nitrogens is 2. The van der Waals surface area contributed by atoms with Crippen LogP contribution in [0.5, 0.6) is 0 Å². The van der Waals surface area contributed by atoms with E-state index in [0.29, 0.717) is 6.04 Å². The lowest BCUT2D eigenvalue weighted by molar-refractivity contribution is -0.133. The number of aliphatic carboxylic acids is 1. The second-order valence-corrected chi connectivity index (χ2v) is 6.21. The molecule has 0 fully saturated rings. The van der Waals surface area contributed by atoms with Crippen LogP contribution >= 0.6 is 23.5 Å². The standard InChI is InChI=1S/C12H20N2O2S2/c1-4-10-6-13-12(18-8-11(15)16)14(10)9(3)7-17-5-2/h6,9H,4-5,7-8H2,1-3H3,(H,15,16). The van der Waals surface area contributed by atoms with Crippen molar-refractivity contribution in [1.82, 2.24) is 9.55 Å². The molecule has 1 rings (SSSR count). The Kier molecular flexibility index (Phi) is 6.63. The molecular formula is C12H20N2O2S2. The summed E-state index contributed by atoms with van der Waals surface area (Å²) in [6, 6.07) is 0.351. The summed E-state index contributed by atoms with van der Waals surface area (Å²) in [6.07, 6.45) is 2.78. The third-order valence-electron chi connectivity index (χ3n) is 2.53. The van der Waals surface area contributed by atoms with Gasteiger partial charge in [-0.15, -0.1) is 0 Å². The highest BCUT2D eigenvalue weighted by molar-refractivity contribution is 7.99. The van der Waals surface area contributed by atoms with Crippen LogP contribution in [0.2, 0.25) is 0 Å². The van der Waals surface area contributed by atoms with E-state index in [-0.39, 0.29) is 5.75 Å². The highest BCUT2D eigenvalue weighted by Gasteiger charge is 2.15. The molecular weight excluding hydrogens is 268 g/mol. The van der Waals surface area contributed by atoms with Gasteiger partial charge < -0.3 is 9.67 Å². The summed E-state index contributed by atoms with van der Waals surface area (Å²) in [4.78, 5) is 15.0. The molecule has 1 aromatic rings. The van der Waals surface area contributed by atoms with Crippen molar-refractivity contribution in [2.75, 3.05) is 17.3 Å². The molecule has 18 heavy (non-hydrogen) atoms. The van der Waals surface area contributed by atoms with Crippen LogP contribution in [-0.2, 0) is 11.2 Å². The fourth-order valence-corrected chi connectivity index (χ4v) is 3.25. The molecule has 1 N–H and O–H groups in total. The maximum atomic E-state index is 10.6. The zero-order valence-corrected chi connectivity index (χ0v) is 12.7. The van der Waals surface area contributed by atoms with Gasteiger partial charge in [0.15, 0.2) is 5.16 Å². The van der Waals surface area contributed by atoms with Crippen LogP contribution in [0.3, 0.4) is 0 Å². The summed E-state index contributed by atoms with van der Waals surface area (Å²) in [6.45, 7) is 6.40. The van der Waals surface area contributed by atoms with Gasteiger partial charge in [0.1, 0.15) is 0 Å². The van der Waals surface area contributed by atoms with E-state index >= 15 is 0 Å². The number of carboxylic acid groups (broad SMARTS) is 1. The third kappa shape index (κ3) is 4.24. The molecule has 4 nitrogen and oxygen atoms in total. The van der Waals surface area contributed by atoms with Gasteiger partial charge in [0.05, 0.1) is 5.75 Å². The van der Waals surface area contributed by atoms with Crippen LogP contribution in [-0.4, -0.2) is 37.9 Å². The number of hydrogen-bond donors (Lipinski definition) is 1. The molecule has 0 saturated heterocycles. The van der Waals surface area contributed by atoms with Crippen molar-refractivity contribution >= 4 is 29.5 Å². The van der Waals surface area contributed by atoms with Gasteiger partial charge in [-0.2, -0.15) is 11.8 Å². The first-order valence-corrected chi connectivity index (χ1v) is 8.22. The summed E-state index contributed by atoms with van der Waals surface area (Å²) < 4.78 is 2.18. The molecule has 1 aromatic heterocycles. The SMILES string of the molecule is CCSCC(C)n1c(CC)cnc1SCC(=O)O. The lowest BCUT2D eigenvalue weighted by Gasteiger charge is -2.18. The van der Waals surface area contributed by atoms with E-state index in [1.165, 1.54) is 17.5 Å². The minimum atomic E-state index is -0.803. The number of imidazole rings is 1. The zero-order chi connectivity index (χ0) is 13.5. The normalized spacial score (nSPS) is 12.6. The predicted molar refractivity (Wildman–Crippen MR) is 77.7 cm³/mol. The van der Waals surface area contributed by atoms with Crippen molar-refractivity contribution in [3.63, 3.8) is 0 Å². The predicted octanol–water partition coefficient (Wildman–Crippen LogP) is 2.94. The van der Waals surface area contributed by atoms with Gasteiger partial charge in [-0.3, -0.25) is 4.79 Å². The van der Waals surface area contributed by atoms with Crippen LogP contribution in [0, 0.1) is 0 Å². The Labute approximate surface area is 117 Å². The number of nitrogens with zero attached hydrogens (tertiary/aromatic N) is 2. The van der Waals surface area contributed by atoms with E-state index in [1.807, 2.05) is 18.0 Å². The fourth-order valence-electron chi connectivity index (χ4n) is 1.71. The minimum Gasteiger partial charge on any atom is -0.481 e. The van der Waals surface area contributed by atoms with Crippen LogP contribution in [0.25, 0.3) is 0 Å². The van der Waals surface area contributed by atoms with Gasteiger partial charge in [-0.1, -0.05) is 25.6 Å². The van der Waals surface area contributed by atoms with Gasteiger partial charge >= 0.3 is 5.97 Å². The average Bonchev–Trinajstić information content (AvgIpc) is 2.76. The van der Waals surface area contributed by atoms with E-state index in [0.717, 1.165) is 23.1 Å². The van der Waals surface area contributed by atoms with Crippen molar-refractivity contribution < 1.29 is 9.90 Å². The molecule has 0 amide bonds. The Hall–Kier alpha value is -0.620. The van der Waals surface area contributed by atoms with Crippen molar-refractivity contribution in [2.24, 2.45) is 0 Å².